The summed E-state index contributed by atoms with van der Waals surface area (Å²) in [5.41, 5.74) is 0.832. The highest BCUT2D eigenvalue weighted by molar-refractivity contribution is 5.88. The average Bonchev–Trinajstić information content (AvgIpc) is 2.53. The second-order valence-electron chi connectivity index (χ2n) is 4.94. The number of carbonyl (C=O) groups is 2. The summed E-state index contributed by atoms with van der Waals surface area (Å²) >= 11 is 0. The molecule has 1 amide bonds. The van der Waals surface area contributed by atoms with Crippen molar-refractivity contribution in [2.45, 2.75) is 12.1 Å². The fraction of sp³-hybridized carbons (Fsp3) is 0.429. The van der Waals surface area contributed by atoms with E-state index in [1.807, 2.05) is 18.2 Å². The predicted octanol–water partition coefficient (Wildman–Crippen LogP) is 0.172. The molecule has 2 atom stereocenters. The molecule has 3 rings (SSSR count). The van der Waals surface area contributed by atoms with Crippen molar-refractivity contribution in [3.8, 4) is 5.75 Å². The van der Waals surface area contributed by atoms with Gasteiger partial charge in [-0.3, -0.25) is 4.79 Å². The van der Waals surface area contributed by atoms with Crippen molar-refractivity contribution in [2.75, 3.05) is 31.6 Å². The maximum Gasteiger partial charge on any atom is 0.328 e. The maximum absolute atomic E-state index is 12.5. The summed E-state index contributed by atoms with van der Waals surface area (Å²) in [5, 5.41) is 12.3. The molecule has 2 N–H and O–H groups in total. The van der Waals surface area contributed by atoms with Gasteiger partial charge in [0.05, 0.1) is 25.4 Å². The molecule has 1 aromatic rings. The molecule has 0 radical (unpaired) electrons. The molecular formula is C14H16N2O5. The highest BCUT2D eigenvalue weighted by Gasteiger charge is 2.38. The number of nitrogens with zero attached hydrogens (tertiary/aromatic N) is 1. The summed E-state index contributed by atoms with van der Waals surface area (Å²) in [4.78, 5) is 25.1. The Morgan fingerprint density at radius 2 is 2.14 bits per heavy atom. The molecule has 0 aromatic heterocycles. The Labute approximate surface area is 121 Å². The van der Waals surface area contributed by atoms with E-state index in [9.17, 15) is 14.7 Å². The van der Waals surface area contributed by atoms with Gasteiger partial charge >= 0.3 is 5.97 Å². The summed E-state index contributed by atoms with van der Waals surface area (Å²) in [7, 11) is 0. The van der Waals surface area contributed by atoms with Crippen LogP contribution in [0.3, 0.4) is 0 Å². The van der Waals surface area contributed by atoms with Gasteiger partial charge in [0.25, 0.3) is 5.91 Å². The van der Waals surface area contributed by atoms with Crippen LogP contribution in [0.4, 0.5) is 5.69 Å². The van der Waals surface area contributed by atoms with Crippen molar-refractivity contribution in [1.29, 1.82) is 0 Å². The van der Waals surface area contributed by atoms with Gasteiger partial charge in [0.15, 0.2) is 12.1 Å². The number of hydrogen-bond donors (Lipinski definition) is 2. The number of carbonyl (C=O) groups excluding carboxylic acids is 1. The molecule has 1 saturated heterocycles. The average molecular weight is 292 g/mol. The zero-order valence-electron chi connectivity index (χ0n) is 11.3. The van der Waals surface area contributed by atoms with E-state index < -0.39 is 18.1 Å². The summed E-state index contributed by atoms with van der Waals surface area (Å²) in [6.45, 7) is 0.931. The Balaban J connectivity index is 1.75. The Morgan fingerprint density at radius 3 is 2.95 bits per heavy atom. The first kappa shape index (κ1) is 13.7. The Hall–Kier alpha value is -2.28. The van der Waals surface area contributed by atoms with Crippen LogP contribution in [0.2, 0.25) is 0 Å². The number of ether oxygens (including phenoxy) is 2. The molecule has 0 bridgehead atoms. The second-order valence-corrected chi connectivity index (χ2v) is 4.94. The minimum Gasteiger partial charge on any atom is -0.480 e. The molecule has 2 unspecified atom stereocenters. The highest BCUT2D eigenvalue weighted by Crippen LogP contribution is 2.29. The van der Waals surface area contributed by atoms with E-state index in [1.165, 1.54) is 4.90 Å². The Morgan fingerprint density at radius 1 is 1.33 bits per heavy atom. The molecule has 7 nitrogen and oxygen atoms in total. The van der Waals surface area contributed by atoms with Crippen molar-refractivity contribution in [1.82, 2.24) is 4.90 Å². The lowest BCUT2D eigenvalue weighted by atomic mass is 10.1. The van der Waals surface area contributed by atoms with Crippen molar-refractivity contribution < 1.29 is 24.2 Å². The first-order chi connectivity index (χ1) is 10.2. The summed E-state index contributed by atoms with van der Waals surface area (Å²) < 4.78 is 10.8. The summed E-state index contributed by atoms with van der Waals surface area (Å²) in [5.74, 6) is -0.790. The lowest BCUT2D eigenvalue weighted by molar-refractivity contribution is -0.161. The first-order valence-corrected chi connectivity index (χ1v) is 6.77. The maximum atomic E-state index is 12.5. The van der Waals surface area contributed by atoms with E-state index in [2.05, 4.69) is 5.32 Å². The van der Waals surface area contributed by atoms with Crippen LogP contribution in [0.15, 0.2) is 24.3 Å². The van der Waals surface area contributed by atoms with Gasteiger partial charge in [-0.05, 0) is 12.1 Å². The van der Waals surface area contributed by atoms with Crippen LogP contribution >= 0.6 is 0 Å². The fourth-order valence-electron chi connectivity index (χ4n) is 2.51. The number of morpholine rings is 1. The van der Waals surface area contributed by atoms with Crippen LogP contribution in [0.1, 0.15) is 0 Å². The van der Waals surface area contributed by atoms with E-state index in [0.29, 0.717) is 18.9 Å². The summed E-state index contributed by atoms with van der Waals surface area (Å²) in [6, 6.07) is 6.38. The predicted molar refractivity (Wildman–Crippen MR) is 73.3 cm³/mol. The number of carboxylic acid groups (broad SMARTS) is 1. The lowest BCUT2D eigenvalue weighted by Crippen LogP contribution is -2.57. The second kappa shape index (κ2) is 5.61. The third-order valence-electron chi connectivity index (χ3n) is 3.61. The highest BCUT2D eigenvalue weighted by atomic mass is 16.5. The third kappa shape index (κ3) is 2.64. The van der Waals surface area contributed by atoms with Crippen molar-refractivity contribution in [3.63, 3.8) is 0 Å². The molecule has 0 saturated carbocycles. The van der Waals surface area contributed by atoms with Gasteiger partial charge in [-0.15, -0.1) is 0 Å². The van der Waals surface area contributed by atoms with Crippen LogP contribution in [-0.4, -0.2) is 60.3 Å². The number of hydrogen-bond acceptors (Lipinski definition) is 5. The van der Waals surface area contributed by atoms with E-state index in [4.69, 9.17) is 9.47 Å². The molecule has 0 spiro atoms. The van der Waals surface area contributed by atoms with Gasteiger partial charge in [0, 0.05) is 6.54 Å². The van der Waals surface area contributed by atoms with E-state index >= 15 is 0 Å². The van der Waals surface area contributed by atoms with Gasteiger partial charge in [-0.1, -0.05) is 12.1 Å². The number of rotatable bonds is 2. The lowest BCUT2D eigenvalue weighted by Gasteiger charge is -2.36. The molecule has 2 aliphatic rings. The Kier molecular flexibility index (Phi) is 3.66. The molecular weight excluding hydrogens is 276 g/mol. The smallest absolute Gasteiger partial charge is 0.328 e. The minimum absolute atomic E-state index is 0.0117. The minimum atomic E-state index is -1.06. The molecule has 2 heterocycles. The van der Waals surface area contributed by atoms with E-state index in [-0.39, 0.29) is 19.1 Å². The van der Waals surface area contributed by atoms with Crippen molar-refractivity contribution >= 4 is 17.6 Å². The van der Waals surface area contributed by atoms with E-state index in [1.54, 1.807) is 6.07 Å². The zero-order chi connectivity index (χ0) is 14.8. The number of carboxylic acids is 1. The molecule has 7 heteroatoms. The quantitative estimate of drug-likeness (QED) is 0.808. The number of amides is 1. The molecule has 2 aliphatic heterocycles. The van der Waals surface area contributed by atoms with Gasteiger partial charge < -0.3 is 24.8 Å². The number of anilines is 1. The summed E-state index contributed by atoms with van der Waals surface area (Å²) in [6.07, 6.45) is -0.722. The van der Waals surface area contributed by atoms with Crippen molar-refractivity contribution in [3.05, 3.63) is 24.3 Å². The zero-order valence-corrected chi connectivity index (χ0v) is 11.3. The number of benzene rings is 1. The van der Waals surface area contributed by atoms with Crippen molar-refractivity contribution in [2.24, 2.45) is 0 Å². The number of aliphatic carboxylic acids is 1. The van der Waals surface area contributed by atoms with Crippen LogP contribution in [0, 0.1) is 0 Å². The number of fused-ring (bicyclic) bond motifs is 1. The standard InChI is InChI=1S/C14H16N2O5/c17-13(16-5-6-20-8-10(16)14(18)19)12-7-15-9-3-1-2-4-11(9)21-12/h1-4,10,12,15H,5-8H2,(H,18,19). The van der Waals surface area contributed by atoms with Gasteiger partial charge in [-0.2, -0.15) is 0 Å². The molecule has 1 aromatic carbocycles. The fourth-order valence-corrected chi connectivity index (χ4v) is 2.51. The normalized spacial score (nSPS) is 24.5. The van der Waals surface area contributed by atoms with Crippen LogP contribution in [-0.2, 0) is 14.3 Å². The molecule has 1 fully saturated rings. The SMILES string of the molecule is O=C(O)C1COCCN1C(=O)C1CNc2ccccc2O1. The van der Waals surface area contributed by atoms with Gasteiger partial charge in [0.1, 0.15) is 5.75 Å². The number of nitrogens with one attached hydrogen (secondary N) is 1. The molecule has 112 valence electrons. The first-order valence-electron chi connectivity index (χ1n) is 6.77. The topological polar surface area (TPSA) is 88.1 Å². The van der Waals surface area contributed by atoms with E-state index in [0.717, 1.165) is 5.69 Å². The van der Waals surface area contributed by atoms with Gasteiger partial charge in [0.2, 0.25) is 0 Å². The third-order valence-corrected chi connectivity index (χ3v) is 3.61. The largest absolute Gasteiger partial charge is 0.480 e. The van der Waals surface area contributed by atoms with Crippen LogP contribution < -0.4 is 10.1 Å². The number of para-hydroxylation sites is 2. The monoisotopic (exact) mass is 292 g/mol. The molecule has 0 aliphatic carbocycles. The van der Waals surface area contributed by atoms with Crippen LogP contribution in [0.5, 0.6) is 5.75 Å². The molecule has 21 heavy (non-hydrogen) atoms. The van der Waals surface area contributed by atoms with Crippen LogP contribution in [0.25, 0.3) is 0 Å². The Bertz CT molecular complexity index is 562. The van der Waals surface area contributed by atoms with Gasteiger partial charge in [-0.25, -0.2) is 4.79 Å².